The molecule has 0 aliphatic carbocycles. The van der Waals surface area contributed by atoms with Gasteiger partial charge in [-0.15, -0.1) is 0 Å². The van der Waals surface area contributed by atoms with Gasteiger partial charge in [-0.3, -0.25) is 14.6 Å². The van der Waals surface area contributed by atoms with Gasteiger partial charge in [0.2, 0.25) is 0 Å². The number of nitrogens with one attached hydrogen (secondary N) is 1. The lowest BCUT2D eigenvalue weighted by Gasteiger charge is -1.96. The summed E-state index contributed by atoms with van der Waals surface area (Å²) in [5.41, 5.74) is -0.741. The van der Waals surface area contributed by atoms with Crippen molar-refractivity contribution in [3.8, 4) is 5.75 Å². The molecule has 2 N–H and O–H groups in total. The number of nitrogens with zero attached hydrogens (tertiary/aromatic N) is 1. The van der Waals surface area contributed by atoms with Gasteiger partial charge in [-0.05, 0) is 6.07 Å². The zero-order valence-electron chi connectivity index (χ0n) is 7.14. The first kappa shape index (κ1) is 8.74. The molecule has 0 bridgehead atoms. The lowest BCUT2D eigenvalue weighted by atomic mass is 10.2. The summed E-state index contributed by atoms with van der Waals surface area (Å²) in [4.78, 5) is 11.3. The molecule has 0 saturated heterocycles. The Hall–Kier alpha value is -1.85. The van der Waals surface area contributed by atoms with Gasteiger partial charge in [0.05, 0.1) is 5.39 Å². The number of halogens is 2. The van der Waals surface area contributed by atoms with Gasteiger partial charge in [0.25, 0.3) is 5.56 Å². The molecule has 0 fully saturated rings. The van der Waals surface area contributed by atoms with E-state index in [4.69, 9.17) is 5.11 Å². The summed E-state index contributed by atoms with van der Waals surface area (Å²) < 4.78 is 27.0. The average Bonchev–Trinajstić information content (AvgIpc) is 2.42. The van der Waals surface area contributed by atoms with E-state index >= 15 is 0 Å². The van der Waals surface area contributed by atoms with Gasteiger partial charge in [0.1, 0.15) is 5.52 Å². The molecule has 74 valence electrons. The van der Waals surface area contributed by atoms with Crippen LogP contribution in [0.2, 0.25) is 0 Å². The Morgan fingerprint density at radius 2 is 2.14 bits per heavy atom. The second kappa shape index (κ2) is 2.57. The van der Waals surface area contributed by atoms with Crippen molar-refractivity contribution in [3.63, 3.8) is 0 Å². The molecule has 0 aliphatic heterocycles. The fourth-order valence-corrected chi connectivity index (χ4v) is 1.29. The number of fused-ring (bicyclic) bond motifs is 1. The number of rotatable bonds is 0. The molecule has 4 nitrogen and oxygen atoms in total. The smallest absolute Gasteiger partial charge is 0.274 e. The van der Waals surface area contributed by atoms with Crippen LogP contribution in [0.3, 0.4) is 0 Å². The minimum atomic E-state index is -1.15. The average molecular weight is 200 g/mol. The van der Waals surface area contributed by atoms with Crippen molar-refractivity contribution in [2.75, 3.05) is 0 Å². The number of aromatic amines is 1. The first-order chi connectivity index (χ1) is 6.52. The zero-order chi connectivity index (χ0) is 10.5. The molecule has 0 saturated carbocycles. The van der Waals surface area contributed by atoms with Crippen LogP contribution in [0.5, 0.6) is 5.75 Å². The van der Waals surface area contributed by atoms with Crippen molar-refractivity contribution in [2.24, 2.45) is 7.05 Å². The summed E-state index contributed by atoms with van der Waals surface area (Å²) in [5, 5.41) is 11.2. The molecule has 0 spiro atoms. The molecule has 0 atom stereocenters. The number of phenols is 1. The number of aromatic nitrogens is 2. The second-order valence-corrected chi connectivity index (χ2v) is 2.92. The highest BCUT2D eigenvalue weighted by atomic mass is 19.1. The Labute approximate surface area is 76.4 Å². The van der Waals surface area contributed by atoms with E-state index in [-0.39, 0.29) is 10.9 Å². The zero-order valence-corrected chi connectivity index (χ0v) is 7.14. The summed E-state index contributed by atoms with van der Waals surface area (Å²) in [6.45, 7) is 0. The Kier molecular flexibility index (Phi) is 1.60. The van der Waals surface area contributed by atoms with Crippen LogP contribution >= 0.6 is 0 Å². The predicted octanol–water partition coefficient (Wildman–Crippen LogP) is 0.850. The monoisotopic (exact) mass is 200 g/mol. The summed E-state index contributed by atoms with van der Waals surface area (Å²) in [7, 11) is 1.37. The van der Waals surface area contributed by atoms with Crippen LogP contribution in [0, 0.1) is 11.6 Å². The van der Waals surface area contributed by atoms with Crippen molar-refractivity contribution in [1.82, 2.24) is 9.78 Å². The van der Waals surface area contributed by atoms with Crippen LogP contribution in [0.25, 0.3) is 10.9 Å². The van der Waals surface area contributed by atoms with Crippen LogP contribution in [-0.2, 0) is 7.05 Å². The highest BCUT2D eigenvalue weighted by Gasteiger charge is 2.16. The molecule has 0 unspecified atom stereocenters. The molecule has 1 heterocycles. The summed E-state index contributed by atoms with van der Waals surface area (Å²) in [6.07, 6.45) is 0. The van der Waals surface area contributed by atoms with E-state index in [1.165, 1.54) is 7.05 Å². The van der Waals surface area contributed by atoms with Crippen LogP contribution in [0.15, 0.2) is 10.9 Å². The van der Waals surface area contributed by atoms with E-state index < -0.39 is 22.9 Å². The van der Waals surface area contributed by atoms with Crippen LogP contribution in [0.4, 0.5) is 8.78 Å². The van der Waals surface area contributed by atoms with Crippen LogP contribution in [-0.4, -0.2) is 14.9 Å². The highest BCUT2D eigenvalue weighted by Crippen LogP contribution is 2.25. The maximum atomic E-state index is 13.2. The normalized spacial score (nSPS) is 11.1. The third-order valence-corrected chi connectivity index (χ3v) is 2.01. The SMILES string of the molecule is Cn1[nH]c2c(F)c(O)c(F)cc2c1=O. The third kappa shape index (κ3) is 0.935. The minimum Gasteiger partial charge on any atom is -0.503 e. The molecule has 2 rings (SSSR count). The van der Waals surface area contributed by atoms with Gasteiger partial charge in [-0.25, -0.2) is 8.78 Å². The van der Waals surface area contributed by atoms with Gasteiger partial charge in [0, 0.05) is 7.05 Å². The Bertz CT molecular complexity index is 571. The Morgan fingerprint density at radius 1 is 1.50 bits per heavy atom. The number of hydrogen-bond donors (Lipinski definition) is 2. The molecule has 0 radical (unpaired) electrons. The van der Waals surface area contributed by atoms with Gasteiger partial charge >= 0.3 is 0 Å². The van der Waals surface area contributed by atoms with E-state index in [0.717, 1.165) is 10.7 Å². The van der Waals surface area contributed by atoms with Crippen molar-refractivity contribution in [1.29, 1.82) is 0 Å². The molecule has 0 aliphatic rings. The number of benzene rings is 1. The van der Waals surface area contributed by atoms with E-state index in [2.05, 4.69) is 5.10 Å². The van der Waals surface area contributed by atoms with Crippen molar-refractivity contribution in [3.05, 3.63) is 28.1 Å². The maximum Gasteiger partial charge on any atom is 0.274 e. The Balaban J connectivity index is 3.06. The van der Waals surface area contributed by atoms with E-state index in [1.54, 1.807) is 0 Å². The topological polar surface area (TPSA) is 58.0 Å². The summed E-state index contributed by atoms with van der Waals surface area (Å²) >= 11 is 0. The fraction of sp³-hybridized carbons (Fsp3) is 0.125. The third-order valence-electron chi connectivity index (χ3n) is 2.01. The lowest BCUT2D eigenvalue weighted by Crippen LogP contribution is -2.11. The molecular formula is C8H6F2N2O2. The molecular weight excluding hydrogens is 194 g/mol. The first-order valence-corrected chi connectivity index (χ1v) is 3.78. The first-order valence-electron chi connectivity index (χ1n) is 3.78. The lowest BCUT2D eigenvalue weighted by molar-refractivity contribution is 0.399. The number of aromatic hydroxyl groups is 1. The number of H-pyrrole nitrogens is 1. The molecule has 6 heteroatoms. The van der Waals surface area contributed by atoms with Crippen molar-refractivity contribution >= 4 is 10.9 Å². The van der Waals surface area contributed by atoms with Crippen LogP contribution in [0.1, 0.15) is 0 Å². The predicted molar refractivity (Wildman–Crippen MR) is 45.1 cm³/mol. The van der Waals surface area contributed by atoms with Gasteiger partial charge in [0.15, 0.2) is 17.4 Å². The van der Waals surface area contributed by atoms with Crippen LogP contribution < -0.4 is 5.56 Å². The summed E-state index contributed by atoms with van der Waals surface area (Å²) in [5.74, 6) is -3.39. The fourth-order valence-electron chi connectivity index (χ4n) is 1.29. The van der Waals surface area contributed by atoms with E-state index in [0.29, 0.717) is 0 Å². The number of hydrogen-bond acceptors (Lipinski definition) is 2. The Morgan fingerprint density at radius 3 is 2.79 bits per heavy atom. The molecule has 14 heavy (non-hydrogen) atoms. The van der Waals surface area contributed by atoms with Crippen molar-refractivity contribution in [2.45, 2.75) is 0 Å². The van der Waals surface area contributed by atoms with Gasteiger partial charge in [-0.2, -0.15) is 0 Å². The minimum absolute atomic E-state index is 0.125. The highest BCUT2D eigenvalue weighted by molar-refractivity contribution is 5.80. The molecule has 1 aromatic carbocycles. The van der Waals surface area contributed by atoms with Gasteiger partial charge < -0.3 is 5.11 Å². The number of phenolic OH excluding ortho intramolecular Hbond substituents is 1. The van der Waals surface area contributed by atoms with Crippen molar-refractivity contribution < 1.29 is 13.9 Å². The maximum absolute atomic E-state index is 13.2. The quantitative estimate of drug-likeness (QED) is 0.662. The van der Waals surface area contributed by atoms with E-state index in [9.17, 15) is 13.6 Å². The number of aryl methyl sites for hydroxylation is 1. The molecule has 2 aromatic rings. The molecule has 1 aromatic heterocycles. The summed E-state index contributed by atoms with van der Waals surface area (Å²) in [6, 6.07) is 0.798. The molecule has 0 amide bonds. The second-order valence-electron chi connectivity index (χ2n) is 2.92. The standard InChI is InChI=1S/C8H6F2N2O2/c1-12-8(14)3-2-4(9)7(13)5(10)6(3)11-12/h2,11,13H,1H3. The van der Waals surface area contributed by atoms with E-state index in [1.807, 2.05) is 0 Å². The van der Waals surface area contributed by atoms with Gasteiger partial charge in [-0.1, -0.05) is 0 Å². The largest absolute Gasteiger partial charge is 0.503 e.